The minimum absolute atomic E-state index is 0.0962. The maximum absolute atomic E-state index is 11.6. The first kappa shape index (κ1) is 12.3. The second-order valence-electron chi connectivity index (χ2n) is 3.29. The quantitative estimate of drug-likeness (QED) is 0.659. The van der Waals surface area contributed by atoms with E-state index in [1.165, 1.54) is 6.92 Å². The van der Waals surface area contributed by atoms with E-state index in [2.05, 4.69) is 15.2 Å². The summed E-state index contributed by atoms with van der Waals surface area (Å²) in [6.45, 7) is 2.97. The fourth-order valence-electron chi connectivity index (χ4n) is 1.27. The summed E-state index contributed by atoms with van der Waals surface area (Å²) in [6, 6.07) is 0. The number of ketones is 1. The van der Waals surface area contributed by atoms with E-state index >= 15 is 0 Å². The lowest BCUT2D eigenvalue weighted by atomic mass is 9.97. The van der Waals surface area contributed by atoms with E-state index in [0.29, 0.717) is 0 Å². The third-order valence-electron chi connectivity index (χ3n) is 1.92. The topological polar surface area (TPSA) is 105 Å². The standard InChI is InChI=1S/C9H13N3O4/c1-3-16-8(14)9(15,4-6(2)13)7-10-5-11-12-7/h5,15H,3-4H2,1-2H3,(H,10,11,12). The van der Waals surface area contributed by atoms with Gasteiger partial charge in [0.25, 0.3) is 0 Å². The number of aromatic nitrogens is 3. The van der Waals surface area contributed by atoms with Crippen LogP contribution < -0.4 is 0 Å². The van der Waals surface area contributed by atoms with E-state index < -0.39 is 18.0 Å². The number of nitrogens with one attached hydrogen (secondary N) is 1. The molecule has 0 bridgehead atoms. The van der Waals surface area contributed by atoms with Crippen LogP contribution in [0.1, 0.15) is 26.1 Å². The minimum atomic E-state index is -2.08. The second-order valence-corrected chi connectivity index (χ2v) is 3.29. The minimum Gasteiger partial charge on any atom is -0.463 e. The van der Waals surface area contributed by atoms with Crippen molar-refractivity contribution in [3.8, 4) is 0 Å². The van der Waals surface area contributed by atoms with E-state index in [1.807, 2.05) is 0 Å². The number of Topliss-reactive ketones (excluding diaryl/α,β-unsaturated/α-hetero) is 1. The van der Waals surface area contributed by atoms with Crippen molar-refractivity contribution in [2.24, 2.45) is 0 Å². The van der Waals surface area contributed by atoms with Gasteiger partial charge in [-0.1, -0.05) is 0 Å². The molecule has 16 heavy (non-hydrogen) atoms. The van der Waals surface area contributed by atoms with Crippen molar-refractivity contribution in [1.29, 1.82) is 0 Å². The summed E-state index contributed by atoms with van der Waals surface area (Å²) >= 11 is 0. The van der Waals surface area contributed by atoms with Crippen LogP contribution in [0.5, 0.6) is 0 Å². The Kier molecular flexibility index (Phi) is 3.73. The van der Waals surface area contributed by atoms with Crippen LogP contribution in [0.3, 0.4) is 0 Å². The molecule has 0 saturated carbocycles. The van der Waals surface area contributed by atoms with Gasteiger partial charge in [-0.05, 0) is 13.8 Å². The molecule has 0 amide bonds. The molecule has 88 valence electrons. The molecule has 1 aromatic heterocycles. The molecule has 1 rings (SSSR count). The molecule has 0 fully saturated rings. The van der Waals surface area contributed by atoms with Crippen molar-refractivity contribution in [2.45, 2.75) is 25.9 Å². The van der Waals surface area contributed by atoms with Crippen LogP contribution >= 0.6 is 0 Å². The molecule has 0 aliphatic rings. The van der Waals surface area contributed by atoms with Gasteiger partial charge in [0.15, 0.2) is 5.82 Å². The number of aliphatic hydroxyl groups is 1. The molecular weight excluding hydrogens is 214 g/mol. The second kappa shape index (κ2) is 4.84. The zero-order valence-electron chi connectivity index (χ0n) is 9.06. The molecule has 7 heteroatoms. The number of H-pyrrole nitrogens is 1. The first-order valence-electron chi connectivity index (χ1n) is 4.75. The predicted octanol–water partition coefficient (Wildman–Crippen LogP) is -0.466. The van der Waals surface area contributed by atoms with Gasteiger partial charge < -0.3 is 9.84 Å². The molecule has 0 aliphatic carbocycles. The van der Waals surface area contributed by atoms with Gasteiger partial charge in [-0.25, -0.2) is 9.78 Å². The number of ether oxygens (including phenoxy) is 1. The lowest BCUT2D eigenvalue weighted by molar-refractivity contribution is -0.169. The van der Waals surface area contributed by atoms with E-state index in [9.17, 15) is 14.7 Å². The van der Waals surface area contributed by atoms with Gasteiger partial charge in [0.1, 0.15) is 12.1 Å². The number of esters is 1. The van der Waals surface area contributed by atoms with Crippen molar-refractivity contribution >= 4 is 11.8 Å². The molecule has 2 N–H and O–H groups in total. The SMILES string of the molecule is CCOC(=O)C(O)(CC(C)=O)c1ncn[nH]1. The van der Waals surface area contributed by atoms with E-state index in [0.717, 1.165) is 6.33 Å². The summed E-state index contributed by atoms with van der Waals surface area (Å²) < 4.78 is 4.70. The Bertz CT molecular complexity index is 376. The fourth-order valence-corrected chi connectivity index (χ4v) is 1.27. The summed E-state index contributed by atoms with van der Waals surface area (Å²) in [5.74, 6) is -1.37. The molecule has 1 atom stereocenters. The normalized spacial score (nSPS) is 14.2. The smallest absolute Gasteiger partial charge is 0.346 e. The number of hydrogen-bond donors (Lipinski definition) is 2. The molecule has 1 unspecified atom stereocenters. The highest BCUT2D eigenvalue weighted by Gasteiger charge is 2.43. The van der Waals surface area contributed by atoms with Crippen LogP contribution in [0.4, 0.5) is 0 Å². The Labute approximate surface area is 91.8 Å². The first-order valence-corrected chi connectivity index (χ1v) is 4.75. The Morgan fingerprint density at radius 3 is 2.75 bits per heavy atom. The van der Waals surface area contributed by atoms with Crippen molar-refractivity contribution in [3.05, 3.63) is 12.2 Å². The average molecular weight is 227 g/mol. The van der Waals surface area contributed by atoms with E-state index in [1.54, 1.807) is 6.92 Å². The maximum Gasteiger partial charge on any atom is 0.346 e. The Balaban J connectivity index is 3.02. The third-order valence-corrected chi connectivity index (χ3v) is 1.92. The maximum atomic E-state index is 11.6. The molecule has 0 aliphatic heterocycles. The molecular formula is C9H13N3O4. The molecule has 0 aromatic carbocycles. The molecule has 0 spiro atoms. The number of aromatic amines is 1. The van der Waals surface area contributed by atoms with Gasteiger partial charge in [0, 0.05) is 0 Å². The van der Waals surface area contributed by atoms with Crippen LogP contribution in [0.25, 0.3) is 0 Å². The predicted molar refractivity (Wildman–Crippen MR) is 52.2 cm³/mol. The Morgan fingerprint density at radius 1 is 1.62 bits per heavy atom. The Morgan fingerprint density at radius 2 is 2.31 bits per heavy atom. The average Bonchev–Trinajstić information content (AvgIpc) is 2.69. The number of carbonyl (C=O) groups excluding carboxylic acids is 2. The first-order chi connectivity index (χ1) is 7.50. The van der Waals surface area contributed by atoms with Gasteiger partial charge in [-0.3, -0.25) is 9.89 Å². The zero-order valence-corrected chi connectivity index (χ0v) is 9.06. The van der Waals surface area contributed by atoms with Crippen LogP contribution in [0.15, 0.2) is 6.33 Å². The van der Waals surface area contributed by atoms with Crippen molar-refractivity contribution in [1.82, 2.24) is 15.2 Å². The number of rotatable bonds is 5. The molecule has 7 nitrogen and oxygen atoms in total. The van der Waals surface area contributed by atoms with E-state index in [4.69, 9.17) is 4.74 Å². The number of hydrogen-bond acceptors (Lipinski definition) is 6. The van der Waals surface area contributed by atoms with Crippen LogP contribution in [0.2, 0.25) is 0 Å². The summed E-state index contributed by atoms with van der Waals surface area (Å²) in [6.07, 6.45) is 0.737. The van der Waals surface area contributed by atoms with Crippen molar-refractivity contribution in [2.75, 3.05) is 6.61 Å². The molecule has 1 aromatic rings. The van der Waals surface area contributed by atoms with E-state index in [-0.39, 0.29) is 18.2 Å². The van der Waals surface area contributed by atoms with Gasteiger partial charge in [0.05, 0.1) is 13.0 Å². The lowest BCUT2D eigenvalue weighted by Crippen LogP contribution is -2.40. The monoisotopic (exact) mass is 227 g/mol. The molecule has 0 radical (unpaired) electrons. The highest BCUT2D eigenvalue weighted by Crippen LogP contribution is 2.23. The van der Waals surface area contributed by atoms with Crippen molar-refractivity contribution < 1.29 is 19.4 Å². The summed E-state index contributed by atoms with van der Waals surface area (Å²) in [5, 5.41) is 16.0. The molecule has 1 heterocycles. The van der Waals surface area contributed by atoms with Crippen molar-refractivity contribution in [3.63, 3.8) is 0 Å². The summed E-state index contributed by atoms with van der Waals surface area (Å²) in [7, 11) is 0. The third kappa shape index (κ3) is 2.43. The highest BCUT2D eigenvalue weighted by molar-refractivity contribution is 5.87. The van der Waals surface area contributed by atoms with Gasteiger partial charge >= 0.3 is 5.97 Å². The fraction of sp³-hybridized carbons (Fsp3) is 0.556. The van der Waals surface area contributed by atoms with Gasteiger partial charge in [0.2, 0.25) is 5.60 Å². The Hall–Kier alpha value is -1.76. The molecule has 0 saturated heterocycles. The zero-order chi connectivity index (χ0) is 12.2. The van der Waals surface area contributed by atoms with Crippen LogP contribution in [-0.2, 0) is 19.9 Å². The number of nitrogens with zero attached hydrogens (tertiary/aromatic N) is 2. The summed E-state index contributed by atoms with van der Waals surface area (Å²) in [4.78, 5) is 26.3. The van der Waals surface area contributed by atoms with Gasteiger partial charge in [-0.15, -0.1) is 0 Å². The van der Waals surface area contributed by atoms with Crippen LogP contribution in [0, 0.1) is 0 Å². The van der Waals surface area contributed by atoms with Crippen LogP contribution in [-0.4, -0.2) is 38.6 Å². The van der Waals surface area contributed by atoms with Gasteiger partial charge in [-0.2, -0.15) is 5.10 Å². The summed E-state index contributed by atoms with van der Waals surface area (Å²) in [5.41, 5.74) is -2.08. The largest absolute Gasteiger partial charge is 0.463 e. The lowest BCUT2D eigenvalue weighted by Gasteiger charge is -2.21. The highest BCUT2D eigenvalue weighted by atomic mass is 16.5. The number of carbonyl (C=O) groups is 2.